The zero-order valence-corrected chi connectivity index (χ0v) is 16.5. The summed E-state index contributed by atoms with van der Waals surface area (Å²) in [5.74, 6) is 0.322. The monoisotopic (exact) mass is 399 g/mol. The molecule has 3 heterocycles. The fraction of sp³-hybridized carbons (Fsp3) is 0.476. The van der Waals surface area contributed by atoms with Gasteiger partial charge in [0.25, 0.3) is 0 Å². The summed E-state index contributed by atoms with van der Waals surface area (Å²) in [6.45, 7) is 4.46. The van der Waals surface area contributed by atoms with Crippen LogP contribution in [0.25, 0.3) is 0 Å². The zero-order chi connectivity index (χ0) is 20.2. The molecule has 1 atom stereocenters. The summed E-state index contributed by atoms with van der Waals surface area (Å²) in [4.78, 5) is 23.6. The molecule has 0 spiro atoms. The van der Waals surface area contributed by atoms with Gasteiger partial charge in [-0.15, -0.1) is 0 Å². The number of ether oxygens (including phenoxy) is 1. The maximum Gasteiger partial charge on any atom is 0.318 e. The SMILES string of the molecule is CC(NC(=O)N1CCc2cnc(NC3CCOCC3)nc2C1)c1ccc(F)cc1. The van der Waals surface area contributed by atoms with Gasteiger partial charge < -0.3 is 20.3 Å². The number of rotatable bonds is 4. The molecule has 0 saturated carbocycles. The van der Waals surface area contributed by atoms with Gasteiger partial charge in [0.1, 0.15) is 5.82 Å². The van der Waals surface area contributed by atoms with Gasteiger partial charge in [-0.25, -0.2) is 19.2 Å². The van der Waals surface area contributed by atoms with Crippen LogP contribution in [0.1, 0.15) is 42.6 Å². The van der Waals surface area contributed by atoms with Crippen molar-refractivity contribution in [1.29, 1.82) is 0 Å². The van der Waals surface area contributed by atoms with E-state index in [1.165, 1.54) is 12.1 Å². The molecule has 154 valence electrons. The van der Waals surface area contributed by atoms with E-state index < -0.39 is 0 Å². The molecule has 2 N–H and O–H groups in total. The van der Waals surface area contributed by atoms with Crippen molar-refractivity contribution in [2.75, 3.05) is 25.1 Å². The molecule has 0 radical (unpaired) electrons. The summed E-state index contributed by atoms with van der Waals surface area (Å²) in [5.41, 5.74) is 2.82. The number of nitrogens with zero attached hydrogens (tertiary/aromatic N) is 3. The van der Waals surface area contributed by atoms with Crippen LogP contribution in [0, 0.1) is 5.82 Å². The zero-order valence-electron chi connectivity index (χ0n) is 16.5. The number of fused-ring (bicyclic) bond motifs is 1. The summed E-state index contributed by atoms with van der Waals surface area (Å²) in [7, 11) is 0. The Labute approximate surface area is 169 Å². The Hall–Kier alpha value is -2.74. The average Bonchev–Trinajstić information content (AvgIpc) is 2.74. The fourth-order valence-corrected chi connectivity index (χ4v) is 3.68. The van der Waals surface area contributed by atoms with Crippen molar-refractivity contribution in [3.05, 3.63) is 53.1 Å². The van der Waals surface area contributed by atoms with Gasteiger partial charge in [-0.1, -0.05) is 12.1 Å². The Balaban J connectivity index is 1.38. The van der Waals surface area contributed by atoms with Crippen molar-refractivity contribution in [2.24, 2.45) is 0 Å². The number of nitrogens with one attached hydrogen (secondary N) is 2. The molecule has 0 bridgehead atoms. The third kappa shape index (κ3) is 4.82. The van der Waals surface area contributed by atoms with E-state index >= 15 is 0 Å². The number of amides is 2. The van der Waals surface area contributed by atoms with E-state index in [1.54, 1.807) is 17.0 Å². The number of carbonyl (C=O) groups is 1. The molecule has 4 rings (SSSR count). The lowest BCUT2D eigenvalue weighted by molar-refractivity contribution is 0.0903. The number of benzene rings is 1. The van der Waals surface area contributed by atoms with Crippen LogP contribution in [-0.4, -0.2) is 46.7 Å². The lowest BCUT2D eigenvalue weighted by Gasteiger charge is -2.30. The van der Waals surface area contributed by atoms with Crippen molar-refractivity contribution in [1.82, 2.24) is 20.2 Å². The van der Waals surface area contributed by atoms with E-state index in [2.05, 4.69) is 20.6 Å². The molecule has 1 aromatic heterocycles. The van der Waals surface area contributed by atoms with Crippen molar-refractivity contribution < 1.29 is 13.9 Å². The molecule has 2 aliphatic rings. The first-order valence-corrected chi connectivity index (χ1v) is 10.1. The molecule has 7 nitrogen and oxygen atoms in total. The summed E-state index contributed by atoms with van der Waals surface area (Å²) < 4.78 is 18.5. The van der Waals surface area contributed by atoms with Gasteiger partial charge in [0.15, 0.2) is 0 Å². The van der Waals surface area contributed by atoms with Gasteiger partial charge in [0.05, 0.1) is 18.3 Å². The van der Waals surface area contributed by atoms with Gasteiger partial charge in [-0.3, -0.25) is 0 Å². The van der Waals surface area contributed by atoms with Crippen molar-refractivity contribution in [3.63, 3.8) is 0 Å². The third-order valence-corrected chi connectivity index (χ3v) is 5.50. The van der Waals surface area contributed by atoms with E-state index in [9.17, 15) is 9.18 Å². The van der Waals surface area contributed by atoms with E-state index in [4.69, 9.17) is 4.74 Å². The summed E-state index contributed by atoms with van der Waals surface area (Å²) in [5, 5.41) is 6.37. The van der Waals surface area contributed by atoms with E-state index in [-0.39, 0.29) is 17.9 Å². The highest BCUT2D eigenvalue weighted by molar-refractivity contribution is 5.75. The predicted molar refractivity (Wildman–Crippen MR) is 107 cm³/mol. The molecule has 1 saturated heterocycles. The normalized spacial score (nSPS) is 18.1. The summed E-state index contributed by atoms with van der Waals surface area (Å²) >= 11 is 0. The number of carbonyl (C=O) groups excluding carboxylic acids is 1. The summed E-state index contributed by atoms with van der Waals surface area (Å²) in [6.07, 6.45) is 4.47. The van der Waals surface area contributed by atoms with Crippen LogP contribution in [0.15, 0.2) is 30.5 Å². The first kappa shape index (κ1) is 19.6. The molecule has 1 fully saturated rings. The lowest BCUT2D eigenvalue weighted by atomic mass is 10.1. The van der Waals surface area contributed by atoms with E-state index in [0.29, 0.717) is 25.1 Å². The molecule has 2 amide bonds. The van der Waals surface area contributed by atoms with Crippen LogP contribution in [-0.2, 0) is 17.7 Å². The van der Waals surface area contributed by atoms with Crippen molar-refractivity contribution >= 4 is 12.0 Å². The highest BCUT2D eigenvalue weighted by Gasteiger charge is 2.24. The molecular weight excluding hydrogens is 373 g/mol. The minimum absolute atomic E-state index is 0.148. The molecule has 2 aliphatic heterocycles. The molecule has 0 aliphatic carbocycles. The number of urea groups is 1. The Bertz CT molecular complexity index is 855. The topological polar surface area (TPSA) is 79.4 Å². The minimum atomic E-state index is -0.287. The molecular formula is C21H26FN5O2. The Kier molecular flexibility index (Phi) is 5.89. The molecule has 8 heteroatoms. The highest BCUT2D eigenvalue weighted by Crippen LogP contribution is 2.20. The maximum absolute atomic E-state index is 13.1. The van der Waals surface area contributed by atoms with Crippen molar-refractivity contribution in [2.45, 2.75) is 44.8 Å². The molecule has 2 aromatic rings. The van der Waals surface area contributed by atoms with Crippen LogP contribution >= 0.6 is 0 Å². The van der Waals surface area contributed by atoms with Crippen molar-refractivity contribution in [3.8, 4) is 0 Å². The average molecular weight is 399 g/mol. The largest absolute Gasteiger partial charge is 0.381 e. The lowest BCUT2D eigenvalue weighted by Crippen LogP contribution is -2.44. The van der Waals surface area contributed by atoms with Crippen LogP contribution in [0.2, 0.25) is 0 Å². The minimum Gasteiger partial charge on any atom is -0.381 e. The highest BCUT2D eigenvalue weighted by atomic mass is 19.1. The molecule has 1 aromatic carbocycles. The fourth-order valence-electron chi connectivity index (χ4n) is 3.68. The quantitative estimate of drug-likeness (QED) is 0.826. The van der Waals surface area contributed by atoms with Crippen LogP contribution in [0.5, 0.6) is 0 Å². The Morgan fingerprint density at radius 3 is 2.79 bits per heavy atom. The maximum atomic E-state index is 13.1. The Morgan fingerprint density at radius 1 is 1.28 bits per heavy atom. The van der Waals surface area contributed by atoms with Crippen LogP contribution in [0.3, 0.4) is 0 Å². The first-order valence-electron chi connectivity index (χ1n) is 10.1. The van der Waals surface area contributed by atoms with E-state index in [0.717, 1.165) is 49.3 Å². The van der Waals surface area contributed by atoms with E-state index in [1.807, 2.05) is 13.1 Å². The van der Waals surface area contributed by atoms with Crippen LogP contribution < -0.4 is 10.6 Å². The second-order valence-electron chi connectivity index (χ2n) is 7.59. The molecule has 29 heavy (non-hydrogen) atoms. The molecule has 1 unspecified atom stereocenters. The predicted octanol–water partition coefficient (Wildman–Crippen LogP) is 3.04. The van der Waals surface area contributed by atoms with Crippen LogP contribution in [0.4, 0.5) is 15.1 Å². The number of anilines is 1. The van der Waals surface area contributed by atoms with Gasteiger partial charge in [0, 0.05) is 32.0 Å². The number of halogens is 1. The Morgan fingerprint density at radius 2 is 2.03 bits per heavy atom. The summed E-state index contributed by atoms with van der Waals surface area (Å²) in [6, 6.07) is 6.14. The number of hydrogen-bond donors (Lipinski definition) is 2. The van der Waals surface area contributed by atoms with Gasteiger partial charge in [0.2, 0.25) is 5.95 Å². The second kappa shape index (κ2) is 8.73. The van der Waals surface area contributed by atoms with Gasteiger partial charge >= 0.3 is 6.03 Å². The third-order valence-electron chi connectivity index (χ3n) is 5.50. The first-order chi connectivity index (χ1) is 14.1. The number of aromatic nitrogens is 2. The smallest absolute Gasteiger partial charge is 0.318 e. The standard InChI is InChI=1S/C21H26FN5O2/c1-14(15-2-4-17(22)5-3-15)24-21(28)27-9-6-16-12-23-20(26-19(16)13-27)25-18-7-10-29-11-8-18/h2-5,12,14,18H,6-11,13H2,1H3,(H,24,28)(H,23,25,26). The van der Waals surface area contributed by atoms with Gasteiger partial charge in [-0.2, -0.15) is 0 Å². The number of hydrogen-bond acceptors (Lipinski definition) is 5. The second-order valence-corrected chi connectivity index (χ2v) is 7.59. The van der Waals surface area contributed by atoms with Gasteiger partial charge in [-0.05, 0) is 49.4 Å².